The normalized spacial score (nSPS) is 25.2. The number of amidine groups is 1. The lowest BCUT2D eigenvalue weighted by molar-refractivity contribution is 0.318. The average molecular weight is 266 g/mol. The van der Waals surface area contributed by atoms with Gasteiger partial charge in [-0.05, 0) is 12.1 Å². The molecule has 5 nitrogen and oxygen atoms in total. The summed E-state index contributed by atoms with van der Waals surface area (Å²) in [5.74, 6) is 1.00. The highest BCUT2D eigenvalue weighted by atomic mass is 32.2. The first-order valence-electron chi connectivity index (χ1n) is 5.94. The fraction of sp³-hybridized carbons (Fsp3) is 0.500. The molecule has 2 unspecified atom stereocenters. The molecular weight excluding hydrogens is 248 g/mol. The summed E-state index contributed by atoms with van der Waals surface area (Å²) in [6.45, 7) is 6.39. The van der Waals surface area contributed by atoms with Crippen LogP contribution >= 0.6 is 11.8 Å². The Kier molecular flexibility index (Phi) is 3.96. The standard InChI is InChI=1S/C12H18N4OS/c1-8-6-16(7-9(2)18-8)11-5-10(3-4-14-11)12(13)15-17/h3-5,8-9,17H,6-7H2,1-2H3,(H2,13,15). The van der Waals surface area contributed by atoms with E-state index in [9.17, 15) is 0 Å². The second-order valence-electron chi connectivity index (χ2n) is 4.55. The highest BCUT2D eigenvalue weighted by Crippen LogP contribution is 2.27. The molecular formula is C12H18N4OS. The Bertz CT molecular complexity index is 441. The maximum Gasteiger partial charge on any atom is 0.170 e. The van der Waals surface area contributed by atoms with Gasteiger partial charge in [0.05, 0.1) is 0 Å². The Labute approximate surface area is 111 Å². The molecule has 0 spiro atoms. The molecule has 2 rings (SSSR count). The third kappa shape index (κ3) is 2.87. The van der Waals surface area contributed by atoms with Crippen molar-refractivity contribution in [2.75, 3.05) is 18.0 Å². The number of hydrogen-bond acceptors (Lipinski definition) is 5. The second-order valence-corrected chi connectivity index (χ2v) is 6.43. The molecule has 1 aliphatic heterocycles. The molecule has 0 aliphatic carbocycles. The quantitative estimate of drug-likeness (QED) is 0.367. The van der Waals surface area contributed by atoms with Gasteiger partial charge in [-0.25, -0.2) is 4.98 Å². The van der Waals surface area contributed by atoms with Crippen LogP contribution in [0.2, 0.25) is 0 Å². The van der Waals surface area contributed by atoms with E-state index < -0.39 is 0 Å². The van der Waals surface area contributed by atoms with Crippen LogP contribution in [0.25, 0.3) is 0 Å². The van der Waals surface area contributed by atoms with Crippen molar-refractivity contribution < 1.29 is 5.21 Å². The van der Waals surface area contributed by atoms with Gasteiger partial charge in [0.25, 0.3) is 0 Å². The number of anilines is 1. The van der Waals surface area contributed by atoms with Gasteiger partial charge in [-0.2, -0.15) is 11.8 Å². The summed E-state index contributed by atoms with van der Waals surface area (Å²) in [4.78, 5) is 6.62. The zero-order chi connectivity index (χ0) is 13.1. The van der Waals surface area contributed by atoms with E-state index in [1.54, 1.807) is 12.3 Å². The highest BCUT2D eigenvalue weighted by molar-refractivity contribution is 8.00. The maximum atomic E-state index is 8.70. The van der Waals surface area contributed by atoms with Gasteiger partial charge in [-0.3, -0.25) is 0 Å². The molecule has 3 N–H and O–H groups in total. The third-order valence-corrected chi connectivity index (χ3v) is 4.12. The molecule has 2 atom stereocenters. The number of hydrogen-bond donors (Lipinski definition) is 2. The monoisotopic (exact) mass is 266 g/mol. The first-order valence-corrected chi connectivity index (χ1v) is 6.88. The number of rotatable bonds is 2. The number of oxime groups is 1. The van der Waals surface area contributed by atoms with E-state index in [-0.39, 0.29) is 5.84 Å². The largest absolute Gasteiger partial charge is 0.409 e. The van der Waals surface area contributed by atoms with Gasteiger partial charge >= 0.3 is 0 Å². The van der Waals surface area contributed by atoms with E-state index in [2.05, 4.69) is 28.9 Å². The summed E-state index contributed by atoms with van der Waals surface area (Å²) in [6, 6.07) is 3.61. The molecule has 0 amide bonds. The second kappa shape index (κ2) is 5.48. The first kappa shape index (κ1) is 13.0. The minimum absolute atomic E-state index is 0.117. The minimum atomic E-state index is 0.117. The number of aromatic nitrogens is 1. The summed E-state index contributed by atoms with van der Waals surface area (Å²) in [5, 5.41) is 12.9. The topological polar surface area (TPSA) is 74.7 Å². The summed E-state index contributed by atoms with van der Waals surface area (Å²) in [6.07, 6.45) is 1.69. The average Bonchev–Trinajstić information content (AvgIpc) is 2.37. The molecule has 2 heterocycles. The van der Waals surface area contributed by atoms with Gasteiger partial charge < -0.3 is 15.8 Å². The summed E-state index contributed by atoms with van der Waals surface area (Å²) >= 11 is 2.00. The van der Waals surface area contributed by atoms with Crippen LogP contribution in [-0.2, 0) is 0 Å². The predicted octanol–water partition coefficient (Wildman–Crippen LogP) is 1.51. The van der Waals surface area contributed by atoms with E-state index in [4.69, 9.17) is 10.9 Å². The van der Waals surface area contributed by atoms with Crippen LogP contribution in [0.4, 0.5) is 5.82 Å². The Hall–Kier alpha value is -1.43. The SMILES string of the molecule is CC1CN(c2cc(C(N)=NO)ccn2)CC(C)S1. The fourth-order valence-corrected chi connectivity index (χ4v) is 3.50. The molecule has 18 heavy (non-hydrogen) atoms. The van der Waals surface area contributed by atoms with Gasteiger partial charge in [0.15, 0.2) is 5.84 Å². The Morgan fingerprint density at radius 1 is 1.50 bits per heavy atom. The first-order chi connectivity index (χ1) is 8.60. The van der Waals surface area contributed by atoms with Crippen molar-refractivity contribution >= 4 is 23.4 Å². The molecule has 0 bridgehead atoms. The van der Waals surface area contributed by atoms with Crippen LogP contribution < -0.4 is 10.6 Å². The van der Waals surface area contributed by atoms with Gasteiger partial charge in [-0.15, -0.1) is 0 Å². The summed E-state index contributed by atoms with van der Waals surface area (Å²) in [5.41, 5.74) is 6.29. The van der Waals surface area contributed by atoms with E-state index >= 15 is 0 Å². The van der Waals surface area contributed by atoms with Crippen LogP contribution in [0.3, 0.4) is 0 Å². The van der Waals surface area contributed by atoms with Crippen LogP contribution in [0.15, 0.2) is 23.5 Å². The lowest BCUT2D eigenvalue weighted by Crippen LogP contribution is -2.40. The van der Waals surface area contributed by atoms with Crippen LogP contribution in [0, 0.1) is 0 Å². The van der Waals surface area contributed by atoms with E-state index in [1.807, 2.05) is 17.8 Å². The lowest BCUT2D eigenvalue weighted by Gasteiger charge is -2.35. The van der Waals surface area contributed by atoms with Crippen LogP contribution in [0.5, 0.6) is 0 Å². The molecule has 98 valence electrons. The molecule has 1 saturated heterocycles. The van der Waals surface area contributed by atoms with E-state index in [1.165, 1.54) is 0 Å². The molecule has 1 aliphatic rings. The zero-order valence-corrected chi connectivity index (χ0v) is 11.4. The summed E-state index contributed by atoms with van der Waals surface area (Å²) in [7, 11) is 0. The van der Waals surface area contributed by atoms with Crippen molar-refractivity contribution in [3.8, 4) is 0 Å². The molecule has 1 fully saturated rings. The number of thioether (sulfide) groups is 1. The van der Waals surface area contributed by atoms with Crippen LogP contribution in [0.1, 0.15) is 19.4 Å². The van der Waals surface area contributed by atoms with Gasteiger partial charge in [0.2, 0.25) is 0 Å². The third-order valence-electron chi connectivity index (χ3n) is 2.89. The van der Waals surface area contributed by atoms with Crippen LogP contribution in [-0.4, -0.2) is 39.6 Å². The number of nitrogens with two attached hydrogens (primary N) is 1. The minimum Gasteiger partial charge on any atom is -0.409 e. The van der Waals surface area contributed by atoms with Crippen molar-refractivity contribution in [2.45, 2.75) is 24.3 Å². The van der Waals surface area contributed by atoms with Gasteiger partial charge in [-0.1, -0.05) is 19.0 Å². The van der Waals surface area contributed by atoms with Crippen molar-refractivity contribution in [3.05, 3.63) is 23.9 Å². The van der Waals surface area contributed by atoms with Crippen molar-refractivity contribution in [1.82, 2.24) is 4.98 Å². The molecule has 1 aromatic rings. The summed E-state index contributed by atoms with van der Waals surface area (Å²) < 4.78 is 0. The molecule has 0 saturated carbocycles. The van der Waals surface area contributed by atoms with Crippen molar-refractivity contribution in [3.63, 3.8) is 0 Å². The lowest BCUT2D eigenvalue weighted by atomic mass is 10.2. The van der Waals surface area contributed by atoms with Crippen molar-refractivity contribution in [1.29, 1.82) is 0 Å². The molecule has 6 heteroatoms. The van der Waals surface area contributed by atoms with E-state index in [0.717, 1.165) is 18.9 Å². The van der Waals surface area contributed by atoms with E-state index in [0.29, 0.717) is 16.1 Å². The molecule has 1 aromatic heterocycles. The number of pyridine rings is 1. The predicted molar refractivity (Wildman–Crippen MR) is 75.5 cm³/mol. The Balaban J connectivity index is 2.22. The molecule has 0 radical (unpaired) electrons. The fourth-order valence-electron chi connectivity index (χ4n) is 2.17. The zero-order valence-electron chi connectivity index (χ0n) is 10.6. The van der Waals surface area contributed by atoms with Gasteiger partial charge in [0, 0.05) is 35.3 Å². The number of nitrogens with zero attached hydrogens (tertiary/aromatic N) is 3. The highest BCUT2D eigenvalue weighted by Gasteiger charge is 2.23. The molecule has 0 aromatic carbocycles. The maximum absolute atomic E-state index is 8.70. The Morgan fingerprint density at radius 2 is 2.17 bits per heavy atom. The smallest absolute Gasteiger partial charge is 0.170 e. The van der Waals surface area contributed by atoms with Gasteiger partial charge in [0.1, 0.15) is 5.82 Å². The Morgan fingerprint density at radius 3 is 2.78 bits per heavy atom. The van der Waals surface area contributed by atoms with Crippen molar-refractivity contribution in [2.24, 2.45) is 10.9 Å².